The van der Waals surface area contributed by atoms with Crippen molar-refractivity contribution in [2.24, 2.45) is 0 Å². The third-order valence-electron chi connectivity index (χ3n) is 4.42. The Balaban J connectivity index is 1.67. The molecular weight excluding hydrogens is 401 g/mol. The van der Waals surface area contributed by atoms with Gasteiger partial charge in [-0.15, -0.1) is 0 Å². The van der Waals surface area contributed by atoms with E-state index in [1.165, 1.54) is 24.3 Å². The van der Waals surface area contributed by atoms with Crippen molar-refractivity contribution in [1.82, 2.24) is 19.7 Å². The second-order valence-electron chi connectivity index (χ2n) is 7.08. The first-order valence-electron chi connectivity index (χ1n) is 9.62. The summed E-state index contributed by atoms with van der Waals surface area (Å²) in [5.41, 5.74) is 1.54. The van der Waals surface area contributed by atoms with Crippen molar-refractivity contribution in [2.45, 2.75) is 26.9 Å². The Morgan fingerprint density at radius 1 is 1.19 bits per heavy atom. The van der Waals surface area contributed by atoms with E-state index in [1.54, 1.807) is 42.3 Å². The highest BCUT2D eigenvalue weighted by atomic mass is 19.1. The van der Waals surface area contributed by atoms with Crippen LogP contribution in [0.25, 0.3) is 17.1 Å². The molecule has 1 amide bonds. The second-order valence-corrected chi connectivity index (χ2v) is 7.08. The molecule has 0 spiro atoms. The molecule has 4 rings (SSSR count). The summed E-state index contributed by atoms with van der Waals surface area (Å²) in [6, 6.07) is 9.13. The number of ether oxygens (including phenoxy) is 1. The number of carbonyl (C=O) groups excluding carboxylic acids is 1. The molecule has 8 nitrogen and oxygen atoms in total. The average molecular weight is 421 g/mol. The predicted molar refractivity (Wildman–Crippen MR) is 112 cm³/mol. The molecule has 0 aliphatic carbocycles. The van der Waals surface area contributed by atoms with E-state index in [1.807, 2.05) is 13.8 Å². The number of aromatic nitrogens is 4. The lowest BCUT2D eigenvalue weighted by Crippen LogP contribution is -2.17. The molecule has 0 saturated carbocycles. The molecule has 3 aromatic heterocycles. The Hall–Kier alpha value is -4.01. The van der Waals surface area contributed by atoms with Gasteiger partial charge < -0.3 is 14.6 Å². The van der Waals surface area contributed by atoms with E-state index in [-0.39, 0.29) is 23.4 Å². The van der Waals surface area contributed by atoms with Crippen LogP contribution in [0, 0.1) is 12.7 Å². The zero-order chi connectivity index (χ0) is 22.0. The fourth-order valence-corrected chi connectivity index (χ4v) is 3.01. The van der Waals surface area contributed by atoms with Crippen LogP contribution in [0.5, 0.6) is 5.88 Å². The van der Waals surface area contributed by atoms with Crippen LogP contribution in [0.15, 0.2) is 59.6 Å². The summed E-state index contributed by atoms with van der Waals surface area (Å²) in [5, 5.41) is 6.81. The lowest BCUT2D eigenvalue weighted by atomic mass is 10.1. The Bertz CT molecular complexity index is 1200. The summed E-state index contributed by atoms with van der Waals surface area (Å²) in [5.74, 6) is 0.385. The summed E-state index contributed by atoms with van der Waals surface area (Å²) in [4.78, 5) is 21.7. The average Bonchev–Trinajstić information content (AvgIpc) is 3.39. The number of nitrogens with zero attached hydrogens (tertiary/aromatic N) is 4. The molecule has 4 aromatic rings. The van der Waals surface area contributed by atoms with Crippen LogP contribution in [0.3, 0.4) is 0 Å². The highest BCUT2D eigenvalue weighted by Gasteiger charge is 2.23. The van der Waals surface area contributed by atoms with E-state index < -0.39 is 5.91 Å². The van der Waals surface area contributed by atoms with Crippen molar-refractivity contribution < 1.29 is 18.4 Å². The minimum absolute atomic E-state index is 0.159. The Labute approximate surface area is 177 Å². The van der Waals surface area contributed by atoms with Crippen LogP contribution < -0.4 is 10.1 Å². The zero-order valence-corrected chi connectivity index (χ0v) is 17.2. The molecule has 0 radical (unpaired) electrons. The van der Waals surface area contributed by atoms with Gasteiger partial charge in [0.05, 0.1) is 6.10 Å². The van der Waals surface area contributed by atoms with Gasteiger partial charge in [-0.3, -0.25) is 9.36 Å². The summed E-state index contributed by atoms with van der Waals surface area (Å²) in [7, 11) is 0. The van der Waals surface area contributed by atoms with Gasteiger partial charge >= 0.3 is 0 Å². The Morgan fingerprint density at radius 3 is 2.65 bits per heavy atom. The largest absolute Gasteiger partial charge is 0.473 e. The van der Waals surface area contributed by atoms with Gasteiger partial charge in [0.2, 0.25) is 5.88 Å². The molecule has 158 valence electrons. The maximum Gasteiger partial charge on any atom is 0.261 e. The lowest BCUT2D eigenvalue weighted by molar-refractivity contribution is 0.102. The summed E-state index contributed by atoms with van der Waals surface area (Å²) in [6.07, 6.45) is 4.87. The topological polar surface area (TPSA) is 95.1 Å². The molecule has 31 heavy (non-hydrogen) atoms. The van der Waals surface area contributed by atoms with E-state index >= 15 is 0 Å². The molecular formula is C22H20FN5O3. The molecule has 1 aromatic carbocycles. The molecule has 0 unspecified atom stereocenters. The number of benzene rings is 1. The first-order valence-corrected chi connectivity index (χ1v) is 9.62. The number of carbonyl (C=O) groups is 1. The predicted octanol–water partition coefficient (Wildman–Crippen LogP) is 4.41. The first kappa shape index (κ1) is 20.3. The molecule has 0 aliphatic heterocycles. The van der Waals surface area contributed by atoms with E-state index in [0.29, 0.717) is 28.5 Å². The highest BCUT2D eigenvalue weighted by Crippen LogP contribution is 2.29. The number of rotatable bonds is 6. The van der Waals surface area contributed by atoms with E-state index in [2.05, 4.69) is 20.4 Å². The molecule has 0 saturated heterocycles. The third kappa shape index (κ3) is 4.30. The van der Waals surface area contributed by atoms with Crippen molar-refractivity contribution in [2.75, 3.05) is 5.32 Å². The van der Waals surface area contributed by atoms with Crippen LogP contribution >= 0.6 is 0 Å². The van der Waals surface area contributed by atoms with E-state index in [4.69, 9.17) is 9.26 Å². The molecule has 0 atom stereocenters. The van der Waals surface area contributed by atoms with Gasteiger partial charge in [-0.25, -0.2) is 9.37 Å². The quantitative estimate of drug-likeness (QED) is 0.496. The highest BCUT2D eigenvalue weighted by molar-refractivity contribution is 6.09. The van der Waals surface area contributed by atoms with Crippen molar-refractivity contribution in [3.63, 3.8) is 0 Å². The van der Waals surface area contributed by atoms with Crippen LogP contribution in [-0.4, -0.2) is 31.7 Å². The fraction of sp³-hybridized carbons (Fsp3) is 0.182. The minimum Gasteiger partial charge on any atom is -0.473 e. The number of hydrogen-bond acceptors (Lipinski definition) is 6. The SMILES string of the molecule is Cc1onc(-c2ccc(F)cc2)c1C(=O)Nc1ccc(-n2ccnc2)nc1OC(C)C. The van der Waals surface area contributed by atoms with Crippen LogP contribution in [0.2, 0.25) is 0 Å². The normalized spacial score (nSPS) is 11.0. The number of imidazole rings is 1. The number of amides is 1. The lowest BCUT2D eigenvalue weighted by Gasteiger charge is -2.15. The van der Waals surface area contributed by atoms with Crippen LogP contribution in [0.1, 0.15) is 30.0 Å². The number of pyridine rings is 1. The van der Waals surface area contributed by atoms with E-state index in [9.17, 15) is 9.18 Å². The maximum absolute atomic E-state index is 13.3. The Kier molecular flexibility index (Phi) is 5.48. The summed E-state index contributed by atoms with van der Waals surface area (Å²) >= 11 is 0. The number of aryl methyl sites for hydroxylation is 1. The zero-order valence-electron chi connectivity index (χ0n) is 17.2. The number of hydrogen-bond donors (Lipinski definition) is 1. The Morgan fingerprint density at radius 2 is 1.97 bits per heavy atom. The standard InChI is InChI=1S/C22H20FN5O3/c1-13(2)30-22-17(8-9-18(26-22)28-11-10-24-12-28)25-21(29)19-14(3)31-27-20(19)15-4-6-16(23)7-5-15/h4-13H,1-3H3,(H,25,29). The van der Waals surface area contributed by atoms with Gasteiger partial charge in [0.25, 0.3) is 5.91 Å². The molecule has 9 heteroatoms. The summed E-state index contributed by atoms with van der Waals surface area (Å²) < 4.78 is 26.1. The molecule has 1 N–H and O–H groups in total. The maximum atomic E-state index is 13.3. The molecule has 0 aliphatic rings. The van der Waals surface area contributed by atoms with Crippen LogP contribution in [0.4, 0.5) is 10.1 Å². The van der Waals surface area contributed by atoms with Crippen molar-refractivity contribution >= 4 is 11.6 Å². The fourth-order valence-electron chi connectivity index (χ4n) is 3.01. The second kappa shape index (κ2) is 8.39. The van der Waals surface area contributed by atoms with Crippen molar-refractivity contribution in [3.8, 4) is 23.0 Å². The van der Waals surface area contributed by atoms with Gasteiger partial charge in [-0.1, -0.05) is 5.16 Å². The molecule has 0 fully saturated rings. The van der Waals surface area contributed by atoms with Crippen LogP contribution in [-0.2, 0) is 0 Å². The minimum atomic E-state index is -0.441. The van der Waals surface area contributed by atoms with Gasteiger partial charge in [0.1, 0.15) is 40.7 Å². The van der Waals surface area contributed by atoms with Gasteiger partial charge in [0, 0.05) is 18.0 Å². The third-order valence-corrected chi connectivity index (χ3v) is 4.42. The molecule has 0 bridgehead atoms. The summed E-state index contributed by atoms with van der Waals surface area (Å²) in [6.45, 7) is 5.38. The first-order chi connectivity index (χ1) is 14.9. The number of halogens is 1. The number of nitrogens with one attached hydrogen (secondary N) is 1. The number of anilines is 1. The monoisotopic (exact) mass is 421 g/mol. The van der Waals surface area contributed by atoms with Crippen molar-refractivity contribution in [3.05, 3.63) is 72.3 Å². The van der Waals surface area contributed by atoms with E-state index in [0.717, 1.165) is 0 Å². The van der Waals surface area contributed by atoms with Crippen molar-refractivity contribution in [1.29, 1.82) is 0 Å². The van der Waals surface area contributed by atoms with Gasteiger partial charge in [-0.05, 0) is 57.2 Å². The molecule has 3 heterocycles. The van der Waals surface area contributed by atoms with Gasteiger partial charge in [-0.2, -0.15) is 4.98 Å². The smallest absolute Gasteiger partial charge is 0.261 e. The van der Waals surface area contributed by atoms with Gasteiger partial charge in [0.15, 0.2) is 0 Å².